The van der Waals surface area contributed by atoms with Gasteiger partial charge in [-0.3, -0.25) is 0 Å². The molecule has 0 aromatic carbocycles. The average Bonchev–Trinajstić information content (AvgIpc) is 2.14. The van der Waals surface area contributed by atoms with Gasteiger partial charge >= 0.3 is 0 Å². The molecule has 0 radical (unpaired) electrons. The van der Waals surface area contributed by atoms with E-state index in [2.05, 4.69) is 5.43 Å². The van der Waals surface area contributed by atoms with E-state index in [1.165, 1.54) is 0 Å². The van der Waals surface area contributed by atoms with Gasteiger partial charge in [0.15, 0.2) is 0 Å². The van der Waals surface area contributed by atoms with Gasteiger partial charge in [-0.1, -0.05) is 6.92 Å². The van der Waals surface area contributed by atoms with Gasteiger partial charge in [-0.25, -0.2) is 5.01 Å². The molecule has 11 heavy (non-hydrogen) atoms. The van der Waals surface area contributed by atoms with E-state index >= 15 is 0 Å². The summed E-state index contributed by atoms with van der Waals surface area (Å²) >= 11 is 0. The van der Waals surface area contributed by atoms with E-state index in [-0.39, 0.29) is 0 Å². The molecule has 0 bridgehead atoms. The first kappa shape index (κ1) is 8.36. The maximum atomic E-state index is 5.91. The molecule has 1 rings (SSSR count). The van der Waals surface area contributed by atoms with Crippen LogP contribution >= 0.6 is 0 Å². The number of nitrogens with one attached hydrogen (secondary N) is 1. The zero-order valence-electron chi connectivity index (χ0n) is 7.31. The summed E-state index contributed by atoms with van der Waals surface area (Å²) in [5.74, 6) is 0. The van der Waals surface area contributed by atoms with E-state index in [4.69, 9.17) is 11.5 Å². The first-order valence-corrected chi connectivity index (χ1v) is 3.78. The Morgan fingerprint density at radius 1 is 1.64 bits per heavy atom. The summed E-state index contributed by atoms with van der Waals surface area (Å²) in [4.78, 5) is 0. The highest BCUT2D eigenvalue weighted by Crippen LogP contribution is 2.22. The lowest BCUT2D eigenvalue weighted by molar-refractivity contribution is 0.158. The summed E-state index contributed by atoms with van der Waals surface area (Å²) in [6.45, 7) is 3.93. The number of likely N-dealkylation sites (N-methyl/N-ethyl adjacent to an activating group) is 1. The van der Waals surface area contributed by atoms with Gasteiger partial charge in [0, 0.05) is 12.7 Å². The maximum absolute atomic E-state index is 5.91. The van der Waals surface area contributed by atoms with Crippen LogP contribution in [-0.2, 0) is 0 Å². The van der Waals surface area contributed by atoms with Gasteiger partial charge in [0.05, 0.1) is 5.70 Å². The summed E-state index contributed by atoms with van der Waals surface area (Å²) in [6, 6.07) is 0. The molecule has 0 spiro atoms. The van der Waals surface area contributed by atoms with Crippen LogP contribution in [0.5, 0.6) is 0 Å². The van der Waals surface area contributed by atoms with E-state index in [1.807, 2.05) is 25.9 Å². The van der Waals surface area contributed by atoms with Crippen molar-refractivity contribution in [2.45, 2.75) is 25.9 Å². The van der Waals surface area contributed by atoms with E-state index < -0.39 is 5.66 Å². The average molecular weight is 156 g/mol. The Morgan fingerprint density at radius 2 is 2.18 bits per heavy atom. The number of hydrazine groups is 1. The lowest BCUT2D eigenvalue weighted by Crippen LogP contribution is -2.54. The van der Waals surface area contributed by atoms with Crippen LogP contribution in [0.2, 0.25) is 0 Å². The van der Waals surface area contributed by atoms with Crippen LogP contribution in [0, 0.1) is 0 Å². The molecule has 1 aliphatic rings. The lowest BCUT2D eigenvalue weighted by atomic mass is 10.1. The van der Waals surface area contributed by atoms with Crippen molar-refractivity contribution in [1.29, 1.82) is 0 Å². The van der Waals surface area contributed by atoms with Crippen LogP contribution in [0.25, 0.3) is 0 Å². The predicted octanol–water partition coefficient (Wildman–Crippen LogP) is -0.308. The topological polar surface area (TPSA) is 67.3 Å². The second kappa shape index (κ2) is 2.39. The Balaban J connectivity index is 2.92. The first-order valence-electron chi connectivity index (χ1n) is 3.78. The van der Waals surface area contributed by atoms with Crippen molar-refractivity contribution < 1.29 is 0 Å². The van der Waals surface area contributed by atoms with Crippen molar-refractivity contribution in [2.24, 2.45) is 11.5 Å². The van der Waals surface area contributed by atoms with E-state index in [0.717, 1.165) is 17.8 Å². The van der Waals surface area contributed by atoms with Gasteiger partial charge in [-0.2, -0.15) is 0 Å². The molecule has 1 atom stereocenters. The van der Waals surface area contributed by atoms with Crippen LogP contribution in [0.3, 0.4) is 0 Å². The van der Waals surface area contributed by atoms with Crippen molar-refractivity contribution in [3.05, 3.63) is 11.4 Å². The van der Waals surface area contributed by atoms with Crippen molar-refractivity contribution in [3.63, 3.8) is 0 Å². The normalized spacial score (nSPS) is 32.7. The summed E-state index contributed by atoms with van der Waals surface area (Å²) in [7, 11) is 1.88. The van der Waals surface area contributed by atoms with Crippen LogP contribution < -0.4 is 16.9 Å². The van der Waals surface area contributed by atoms with Crippen molar-refractivity contribution in [2.75, 3.05) is 7.05 Å². The Morgan fingerprint density at radius 3 is 2.36 bits per heavy atom. The molecule has 4 heteroatoms. The van der Waals surface area contributed by atoms with Gasteiger partial charge in [0.25, 0.3) is 0 Å². The summed E-state index contributed by atoms with van der Waals surface area (Å²) in [6.07, 6.45) is 0.892. The fraction of sp³-hybridized carbons (Fsp3) is 0.714. The first-order chi connectivity index (χ1) is 5.00. The smallest absolute Gasteiger partial charge is 0.125 e. The van der Waals surface area contributed by atoms with Crippen molar-refractivity contribution in [3.8, 4) is 0 Å². The minimum atomic E-state index is -0.536. The molecule has 64 valence electrons. The van der Waals surface area contributed by atoms with E-state index in [9.17, 15) is 0 Å². The Kier molecular flexibility index (Phi) is 1.82. The Bertz CT molecular complexity index is 195. The van der Waals surface area contributed by atoms with E-state index in [0.29, 0.717) is 0 Å². The van der Waals surface area contributed by atoms with Crippen LogP contribution in [0.1, 0.15) is 20.3 Å². The molecule has 1 unspecified atom stereocenters. The van der Waals surface area contributed by atoms with E-state index in [1.54, 1.807) is 0 Å². The van der Waals surface area contributed by atoms with Crippen LogP contribution in [0.15, 0.2) is 11.4 Å². The highest BCUT2D eigenvalue weighted by atomic mass is 15.6. The predicted molar refractivity (Wildman–Crippen MR) is 45.0 cm³/mol. The molecular weight excluding hydrogens is 140 g/mol. The molecular formula is C7H16N4. The second-order valence-corrected chi connectivity index (χ2v) is 3.06. The molecule has 1 aliphatic heterocycles. The molecule has 4 nitrogen and oxygen atoms in total. The molecule has 5 N–H and O–H groups in total. The largest absolute Gasteiger partial charge is 0.398 e. The minimum Gasteiger partial charge on any atom is -0.398 e. The molecule has 1 heterocycles. The number of rotatable bonds is 1. The number of allylic oxidation sites excluding steroid dienone is 1. The zero-order chi connectivity index (χ0) is 8.65. The highest BCUT2D eigenvalue weighted by molar-refractivity contribution is 5.24. The molecule has 0 amide bonds. The lowest BCUT2D eigenvalue weighted by Gasteiger charge is -2.27. The summed E-state index contributed by atoms with van der Waals surface area (Å²) in [5, 5.41) is 1.82. The molecule has 0 aromatic heterocycles. The van der Waals surface area contributed by atoms with Crippen molar-refractivity contribution >= 4 is 0 Å². The quantitative estimate of drug-likeness (QED) is 0.487. The second-order valence-electron chi connectivity index (χ2n) is 3.06. The third-order valence-electron chi connectivity index (χ3n) is 2.22. The highest BCUT2D eigenvalue weighted by Gasteiger charge is 2.35. The number of hydrogen-bond donors (Lipinski definition) is 3. The standard InChI is InChI=1S/C7H16N4/c1-4-5-6(8)7(2,9)11(3)10-5/h10H,4,8-9H2,1-3H3. The molecule has 0 aliphatic carbocycles. The summed E-state index contributed by atoms with van der Waals surface area (Å²) in [5.41, 5.74) is 16.1. The minimum absolute atomic E-state index is 0.536. The molecule has 0 saturated carbocycles. The van der Waals surface area contributed by atoms with Gasteiger partial charge in [-0.05, 0) is 13.3 Å². The number of nitrogens with two attached hydrogens (primary N) is 2. The van der Waals surface area contributed by atoms with Gasteiger partial charge in [0.2, 0.25) is 0 Å². The SMILES string of the molecule is CCC1=C(N)C(C)(N)N(C)N1. The summed E-state index contributed by atoms with van der Waals surface area (Å²) < 4.78 is 0. The van der Waals surface area contributed by atoms with Gasteiger partial charge in [-0.15, -0.1) is 0 Å². The number of nitrogens with zero attached hydrogens (tertiary/aromatic N) is 1. The molecule has 0 saturated heterocycles. The molecule has 0 fully saturated rings. The van der Waals surface area contributed by atoms with Crippen molar-refractivity contribution in [1.82, 2.24) is 10.4 Å². The fourth-order valence-electron chi connectivity index (χ4n) is 1.13. The van der Waals surface area contributed by atoms with Gasteiger partial charge in [0.1, 0.15) is 5.66 Å². The Labute approximate surface area is 67.2 Å². The third-order valence-corrected chi connectivity index (χ3v) is 2.22. The zero-order valence-corrected chi connectivity index (χ0v) is 7.31. The fourth-order valence-corrected chi connectivity index (χ4v) is 1.13. The van der Waals surface area contributed by atoms with Gasteiger partial charge < -0.3 is 16.9 Å². The maximum Gasteiger partial charge on any atom is 0.125 e. The Hall–Kier alpha value is -0.740. The van der Waals surface area contributed by atoms with Crippen LogP contribution in [-0.4, -0.2) is 17.7 Å². The third kappa shape index (κ3) is 1.08. The monoisotopic (exact) mass is 156 g/mol. The van der Waals surface area contributed by atoms with Crippen LogP contribution in [0.4, 0.5) is 0 Å². The number of hydrogen-bond acceptors (Lipinski definition) is 4. The molecule has 0 aromatic rings.